The Hall–Kier alpha value is -6.44. The maximum absolute atomic E-state index is 2.61. The number of aryl methyl sites for hydroxylation is 1. The van der Waals surface area contributed by atoms with E-state index in [2.05, 4.69) is 209 Å². The minimum atomic E-state index is -0.188. The second-order valence-corrected chi connectivity index (χ2v) is 18.0. The molecule has 0 amide bonds. The van der Waals surface area contributed by atoms with E-state index in [1.54, 1.807) is 0 Å². The molecular weight excluding hydrogens is 699 g/mol. The topological polar surface area (TPSA) is 3.24 Å². The molecule has 1 nitrogen and oxygen atoms in total. The highest BCUT2D eigenvalue weighted by molar-refractivity contribution is 6.00. The van der Waals surface area contributed by atoms with Crippen LogP contribution in [-0.2, 0) is 22.7 Å². The molecule has 0 fully saturated rings. The summed E-state index contributed by atoms with van der Waals surface area (Å²) in [6.45, 7) is 9.59. The van der Waals surface area contributed by atoms with Crippen molar-refractivity contribution in [2.75, 3.05) is 4.90 Å². The molecule has 0 aromatic heterocycles. The van der Waals surface area contributed by atoms with Crippen LogP contribution in [0.3, 0.4) is 0 Å². The molecule has 278 valence electrons. The molecule has 1 atom stereocenters. The molecule has 4 aliphatic rings. The first-order valence-electron chi connectivity index (χ1n) is 21.0. The number of rotatable bonds is 4. The van der Waals surface area contributed by atoms with E-state index in [4.69, 9.17) is 0 Å². The molecule has 8 aromatic carbocycles. The fourth-order valence-corrected chi connectivity index (χ4v) is 12.0. The van der Waals surface area contributed by atoms with E-state index in [-0.39, 0.29) is 16.2 Å². The SMILES string of the molecule is CC1(C)c2ccccc2-c2c(N(c3ccc4c(c3)C3(CCc5ccccc53)c3ccccc3-4)c3ccccc3-c3cccc4c3C(C)(C)c3ccccc3-4)cccc21. The molecule has 4 aliphatic carbocycles. The summed E-state index contributed by atoms with van der Waals surface area (Å²) in [6, 6.07) is 67.0. The van der Waals surface area contributed by atoms with E-state index in [0.717, 1.165) is 12.8 Å². The van der Waals surface area contributed by atoms with Crippen LogP contribution >= 0.6 is 0 Å². The zero-order valence-electron chi connectivity index (χ0n) is 33.6. The number of fused-ring (bicyclic) bond motifs is 13. The van der Waals surface area contributed by atoms with Gasteiger partial charge < -0.3 is 4.90 Å². The molecule has 0 N–H and O–H groups in total. The van der Waals surface area contributed by atoms with Crippen molar-refractivity contribution in [3.8, 4) is 44.5 Å². The summed E-state index contributed by atoms with van der Waals surface area (Å²) in [5, 5.41) is 0. The van der Waals surface area contributed by atoms with Crippen LogP contribution in [0.4, 0.5) is 17.1 Å². The average Bonchev–Trinajstić information content (AvgIpc) is 3.93. The zero-order valence-corrected chi connectivity index (χ0v) is 33.6. The van der Waals surface area contributed by atoms with Gasteiger partial charge in [0.1, 0.15) is 0 Å². The first-order valence-corrected chi connectivity index (χ1v) is 21.0. The standard InChI is InChI=1S/C57H45N/c1-55(2)47-26-12-8-21-44(47)53-49(55)28-16-30-52(53)58(51-29-14-9-20-41(51)43-23-15-22-42-39-19-6-11-25-46(39)56(3,4)54(42)43)37-31-32-40-38-18-7-13-27-48(38)57(50(40)35-37)34-33-36-17-5-10-24-45(36)57/h5-32,35H,33-34H2,1-4H3. The quantitative estimate of drug-likeness (QED) is 0.173. The van der Waals surface area contributed by atoms with Gasteiger partial charge in [0, 0.05) is 33.1 Å². The number of hydrogen-bond donors (Lipinski definition) is 0. The van der Waals surface area contributed by atoms with E-state index < -0.39 is 0 Å². The number of para-hydroxylation sites is 1. The van der Waals surface area contributed by atoms with E-state index in [0.29, 0.717) is 0 Å². The van der Waals surface area contributed by atoms with E-state index in [1.807, 2.05) is 0 Å². The van der Waals surface area contributed by atoms with Crippen LogP contribution in [0.15, 0.2) is 176 Å². The van der Waals surface area contributed by atoms with Crippen molar-refractivity contribution in [2.24, 2.45) is 0 Å². The molecule has 0 radical (unpaired) electrons. The van der Waals surface area contributed by atoms with Crippen LogP contribution in [0.25, 0.3) is 44.5 Å². The fraction of sp³-hybridized carbons (Fsp3) is 0.158. The van der Waals surface area contributed by atoms with E-state index in [1.165, 1.54) is 106 Å². The monoisotopic (exact) mass is 743 g/mol. The Kier molecular flexibility index (Phi) is 6.86. The Morgan fingerprint density at radius 1 is 0.379 bits per heavy atom. The Morgan fingerprint density at radius 3 is 1.67 bits per heavy atom. The van der Waals surface area contributed by atoms with Crippen molar-refractivity contribution in [3.63, 3.8) is 0 Å². The minimum absolute atomic E-state index is 0.125. The molecule has 0 saturated carbocycles. The van der Waals surface area contributed by atoms with Crippen molar-refractivity contribution in [1.82, 2.24) is 0 Å². The number of hydrogen-bond acceptors (Lipinski definition) is 1. The number of anilines is 3. The second-order valence-electron chi connectivity index (χ2n) is 18.0. The van der Waals surface area contributed by atoms with Gasteiger partial charge in [-0.15, -0.1) is 0 Å². The predicted octanol–water partition coefficient (Wildman–Crippen LogP) is 14.7. The van der Waals surface area contributed by atoms with Gasteiger partial charge in [-0.25, -0.2) is 0 Å². The van der Waals surface area contributed by atoms with Crippen LogP contribution in [0.5, 0.6) is 0 Å². The van der Waals surface area contributed by atoms with Crippen LogP contribution in [-0.4, -0.2) is 0 Å². The van der Waals surface area contributed by atoms with Crippen molar-refractivity contribution in [1.29, 1.82) is 0 Å². The Balaban J connectivity index is 1.15. The third-order valence-electron chi connectivity index (χ3n) is 14.5. The summed E-state index contributed by atoms with van der Waals surface area (Å²) < 4.78 is 0. The highest BCUT2D eigenvalue weighted by Gasteiger charge is 2.49. The lowest BCUT2D eigenvalue weighted by molar-refractivity contribution is 0.626. The Bertz CT molecular complexity index is 3030. The van der Waals surface area contributed by atoms with Crippen molar-refractivity contribution >= 4 is 17.1 Å². The van der Waals surface area contributed by atoms with Gasteiger partial charge in [0.25, 0.3) is 0 Å². The third kappa shape index (κ3) is 4.26. The summed E-state index contributed by atoms with van der Waals surface area (Å²) in [4.78, 5) is 2.61. The molecule has 12 rings (SSSR count). The van der Waals surface area contributed by atoms with Crippen molar-refractivity contribution < 1.29 is 0 Å². The van der Waals surface area contributed by atoms with Gasteiger partial charge in [-0.2, -0.15) is 0 Å². The van der Waals surface area contributed by atoms with Crippen molar-refractivity contribution in [2.45, 2.75) is 56.8 Å². The van der Waals surface area contributed by atoms with Gasteiger partial charge in [-0.05, 0) is 115 Å². The minimum Gasteiger partial charge on any atom is -0.309 e. The van der Waals surface area contributed by atoms with Gasteiger partial charge in [0.05, 0.1) is 11.4 Å². The highest BCUT2D eigenvalue weighted by atomic mass is 15.1. The normalized spacial score (nSPS) is 17.9. The van der Waals surface area contributed by atoms with Gasteiger partial charge in [-0.3, -0.25) is 0 Å². The molecule has 1 spiro atoms. The molecule has 8 aromatic rings. The zero-order chi connectivity index (χ0) is 39.0. The molecule has 58 heavy (non-hydrogen) atoms. The van der Waals surface area contributed by atoms with Gasteiger partial charge in [0.2, 0.25) is 0 Å². The van der Waals surface area contributed by atoms with Crippen LogP contribution < -0.4 is 4.90 Å². The first-order chi connectivity index (χ1) is 28.3. The Morgan fingerprint density at radius 2 is 0.897 bits per heavy atom. The van der Waals surface area contributed by atoms with Crippen LogP contribution in [0, 0.1) is 0 Å². The summed E-state index contributed by atoms with van der Waals surface area (Å²) in [6.07, 6.45) is 2.15. The molecule has 0 aliphatic heterocycles. The largest absolute Gasteiger partial charge is 0.309 e. The summed E-state index contributed by atoms with van der Waals surface area (Å²) in [7, 11) is 0. The Labute approximate surface area is 342 Å². The number of benzene rings is 8. The van der Waals surface area contributed by atoms with Gasteiger partial charge in [0.15, 0.2) is 0 Å². The molecule has 0 bridgehead atoms. The second kappa shape index (κ2) is 11.8. The average molecular weight is 744 g/mol. The van der Waals surface area contributed by atoms with Crippen molar-refractivity contribution in [3.05, 3.63) is 220 Å². The van der Waals surface area contributed by atoms with Gasteiger partial charge in [-0.1, -0.05) is 179 Å². The fourth-order valence-electron chi connectivity index (χ4n) is 12.0. The molecule has 1 unspecified atom stereocenters. The lowest BCUT2D eigenvalue weighted by Gasteiger charge is -2.33. The molecule has 0 heterocycles. The molecule has 0 saturated heterocycles. The van der Waals surface area contributed by atoms with E-state index >= 15 is 0 Å². The van der Waals surface area contributed by atoms with Crippen LogP contribution in [0.2, 0.25) is 0 Å². The maximum atomic E-state index is 2.61. The summed E-state index contributed by atoms with van der Waals surface area (Å²) >= 11 is 0. The molecular formula is C57H45N. The highest BCUT2D eigenvalue weighted by Crippen LogP contribution is 2.61. The lowest BCUT2D eigenvalue weighted by atomic mass is 9.73. The smallest absolute Gasteiger partial charge is 0.0543 e. The lowest BCUT2D eigenvalue weighted by Crippen LogP contribution is -2.24. The third-order valence-corrected chi connectivity index (χ3v) is 14.5. The summed E-state index contributed by atoms with van der Waals surface area (Å²) in [5.74, 6) is 0. The summed E-state index contributed by atoms with van der Waals surface area (Å²) in [5.41, 5.74) is 25.1. The number of nitrogens with zero attached hydrogens (tertiary/aromatic N) is 1. The van der Waals surface area contributed by atoms with Gasteiger partial charge >= 0.3 is 0 Å². The first kappa shape index (κ1) is 33.7. The maximum Gasteiger partial charge on any atom is 0.0543 e. The molecule has 1 heteroatoms. The predicted molar refractivity (Wildman–Crippen MR) is 242 cm³/mol. The van der Waals surface area contributed by atoms with Crippen LogP contribution in [0.1, 0.15) is 78.6 Å². The van der Waals surface area contributed by atoms with E-state index in [9.17, 15) is 0 Å².